The Kier molecular flexibility index (Phi) is 5.18. The third kappa shape index (κ3) is 3.77. The van der Waals surface area contributed by atoms with E-state index in [-0.39, 0.29) is 11.8 Å². The molecule has 0 unspecified atom stereocenters. The van der Waals surface area contributed by atoms with Crippen LogP contribution in [0.3, 0.4) is 0 Å². The molecule has 3 aromatic carbocycles. The van der Waals surface area contributed by atoms with Crippen molar-refractivity contribution in [3.8, 4) is 16.9 Å². The third-order valence-electron chi connectivity index (χ3n) is 6.45. The number of benzene rings is 3. The standard InChI is InChI=1S/C28H24N4O2/c33-28(31-17-15-21(16-18-31)27-29-24-13-7-8-14-25(24)34-27)23-19-32(22-11-5-2-6-12-22)30-26(23)20-9-3-1-4-10-20/h1-14,19,21H,15-18H2. The van der Waals surface area contributed by atoms with E-state index in [0.29, 0.717) is 24.3 Å². The van der Waals surface area contributed by atoms with Crippen molar-refractivity contribution in [2.24, 2.45) is 0 Å². The first-order valence-electron chi connectivity index (χ1n) is 11.6. The van der Waals surface area contributed by atoms with E-state index < -0.39 is 0 Å². The lowest BCUT2D eigenvalue weighted by Crippen LogP contribution is -2.38. The number of hydrogen-bond acceptors (Lipinski definition) is 4. The number of aromatic nitrogens is 3. The number of para-hydroxylation sites is 3. The second kappa shape index (κ2) is 8.63. The van der Waals surface area contributed by atoms with Gasteiger partial charge in [-0.15, -0.1) is 0 Å². The first-order valence-corrected chi connectivity index (χ1v) is 11.6. The zero-order valence-corrected chi connectivity index (χ0v) is 18.7. The van der Waals surface area contributed by atoms with Gasteiger partial charge in [0.1, 0.15) is 11.2 Å². The topological polar surface area (TPSA) is 64.2 Å². The van der Waals surface area contributed by atoms with Crippen molar-refractivity contribution in [1.29, 1.82) is 0 Å². The van der Waals surface area contributed by atoms with E-state index >= 15 is 0 Å². The predicted molar refractivity (Wildman–Crippen MR) is 131 cm³/mol. The van der Waals surface area contributed by atoms with Crippen LogP contribution < -0.4 is 0 Å². The summed E-state index contributed by atoms with van der Waals surface area (Å²) < 4.78 is 7.78. The number of carbonyl (C=O) groups excluding carboxylic acids is 1. The van der Waals surface area contributed by atoms with Crippen molar-refractivity contribution in [3.63, 3.8) is 0 Å². The van der Waals surface area contributed by atoms with Gasteiger partial charge in [-0.05, 0) is 37.1 Å². The highest BCUT2D eigenvalue weighted by Gasteiger charge is 2.30. The number of hydrogen-bond donors (Lipinski definition) is 0. The molecule has 3 heterocycles. The quantitative estimate of drug-likeness (QED) is 0.354. The third-order valence-corrected chi connectivity index (χ3v) is 6.45. The van der Waals surface area contributed by atoms with E-state index in [4.69, 9.17) is 9.52 Å². The van der Waals surface area contributed by atoms with E-state index in [1.165, 1.54) is 0 Å². The summed E-state index contributed by atoms with van der Waals surface area (Å²) >= 11 is 0. The summed E-state index contributed by atoms with van der Waals surface area (Å²) in [6.45, 7) is 1.32. The van der Waals surface area contributed by atoms with Crippen LogP contribution in [-0.4, -0.2) is 38.7 Å². The molecule has 6 heteroatoms. The largest absolute Gasteiger partial charge is 0.440 e. The second-order valence-electron chi connectivity index (χ2n) is 8.62. The molecule has 0 saturated carbocycles. The van der Waals surface area contributed by atoms with Crippen LogP contribution in [0.1, 0.15) is 35.0 Å². The molecule has 6 rings (SSSR count). The molecule has 0 N–H and O–H groups in total. The van der Waals surface area contributed by atoms with Crippen LogP contribution in [0, 0.1) is 0 Å². The van der Waals surface area contributed by atoms with Crippen LogP contribution in [-0.2, 0) is 0 Å². The minimum atomic E-state index is 0.0112. The van der Waals surface area contributed by atoms with Crippen LogP contribution in [0.2, 0.25) is 0 Å². The van der Waals surface area contributed by atoms with Crippen LogP contribution in [0.15, 0.2) is 95.5 Å². The maximum Gasteiger partial charge on any atom is 0.257 e. The summed E-state index contributed by atoms with van der Waals surface area (Å²) in [6.07, 6.45) is 3.50. The van der Waals surface area contributed by atoms with Crippen LogP contribution >= 0.6 is 0 Å². The summed E-state index contributed by atoms with van der Waals surface area (Å²) in [4.78, 5) is 20.3. The Bertz CT molecular complexity index is 1400. The molecular formula is C28H24N4O2. The van der Waals surface area contributed by atoms with Crippen molar-refractivity contribution in [2.45, 2.75) is 18.8 Å². The number of carbonyl (C=O) groups is 1. The highest BCUT2D eigenvalue weighted by atomic mass is 16.3. The maximum atomic E-state index is 13.7. The van der Waals surface area contributed by atoms with Gasteiger partial charge < -0.3 is 9.32 Å². The van der Waals surface area contributed by atoms with Gasteiger partial charge in [0.15, 0.2) is 11.5 Å². The summed E-state index contributed by atoms with van der Waals surface area (Å²) in [6, 6.07) is 27.6. The molecule has 5 aromatic rings. The van der Waals surface area contributed by atoms with Gasteiger partial charge in [-0.2, -0.15) is 5.10 Å². The Balaban J connectivity index is 1.26. The van der Waals surface area contributed by atoms with E-state index in [1.54, 1.807) is 4.68 Å². The van der Waals surface area contributed by atoms with Crippen molar-refractivity contribution < 1.29 is 9.21 Å². The average molecular weight is 449 g/mol. The van der Waals surface area contributed by atoms with Gasteiger partial charge in [-0.1, -0.05) is 60.7 Å². The fourth-order valence-electron chi connectivity index (χ4n) is 4.62. The van der Waals surface area contributed by atoms with E-state index in [9.17, 15) is 4.79 Å². The zero-order valence-electron chi connectivity index (χ0n) is 18.7. The molecule has 0 atom stereocenters. The summed E-state index contributed by atoms with van der Waals surface area (Å²) in [7, 11) is 0. The van der Waals surface area contributed by atoms with Gasteiger partial charge in [-0.25, -0.2) is 9.67 Å². The first-order chi connectivity index (χ1) is 16.8. The molecule has 0 aliphatic carbocycles. The van der Waals surface area contributed by atoms with E-state index in [1.807, 2.05) is 96.0 Å². The van der Waals surface area contributed by atoms with Gasteiger partial charge in [0.25, 0.3) is 5.91 Å². The number of rotatable bonds is 4. The molecule has 1 saturated heterocycles. The minimum absolute atomic E-state index is 0.0112. The molecule has 1 aliphatic rings. The highest BCUT2D eigenvalue weighted by Crippen LogP contribution is 2.32. The number of piperidine rings is 1. The zero-order chi connectivity index (χ0) is 22.9. The SMILES string of the molecule is O=C(c1cn(-c2ccccc2)nc1-c1ccccc1)N1CCC(c2nc3ccccc3o2)CC1. The number of nitrogens with zero attached hydrogens (tertiary/aromatic N) is 4. The van der Waals surface area contributed by atoms with Crippen molar-refractivity contribution in [3.05, 3.63) is 103 Å². The highest BCUT2D eigenvalue weighted by molar-refractivity contribution is 6.00. The van der Waals surface area contributed by atoms with Crippen molar-refractivity contribution in [1.82, 2.24) is 19.7 Å². The Morgan fingerprint density at radius 1 is 0.853 bits per heavy atom. The fraction of sp³-hybridized carbons (Fsp3) is 0.179. The molecule has 0 radical (unpaired) electrons. The molecule has 168 valence electrons. The molecule has 1 fully saturated rings. The summed E-state index contributed by atoms with van der Waals surface area (Å²) in [5.41, 5.74) is 4.88. The van der Waals surface area contributed by atoms with Crippen molar-refractivity contribution >= 4 is 17.0 Å². The lowest BCUT2D eigenvalue weighted by atomic mass is 9.96. The minimum Gasteiger partial charge on any atom is -0.440 e. The lowest BCUT2D eigenvalue weighted by Gasteiger charge is -2.30. The molecule has 6 nitrogen and oxygen atoms in total. The Labute approximate surface area is 197 Å². The van der Waals surface area contributed by atoms with Gasteiger partial charge in [-0.3, -0.25) is 4.79 Å². The monoisotopic (exact) mass is 448 g/mol. The van der Waals surface area contributed by atoms with E-state index in [0.717, 1.165) is 41.1 Å². The molecule has 0 bridgehead atoms. The van der Waals surface area contributed by atoms with Crippen LogP contribution in [0.4, 0.5) is 0 Å². The molecule has 0 spiro atoms. The van der Waals surface area contributed by atoms with Gasteiger partial charge >= 0.3 is 0 Å². The lowest BCUT2D eigenvalue weighted by molar-refractivity contribution is 0.0707. The Morgan fingerprint density at radius 3 is 2.26 bits per heavy atom. The van der Waals surface area contributed by atoms with Crippen LogP contribution in [0.5, 0.6) is 0 Å². The molecular weight excluding hydrogens is 424 g/mol. The Morgan fingerprint density at radius 2 is 1.53 bits per heavy atom. The summed E-state index contributed by atoms with van der Waals surface area (Å²) in [5.74, 6) is 1.00. The first kappa shape index (κ1) is 20.4. The smallest absolute Gasteiger partial charge is 0.257 e. The predicted octanol–water partition coefficient (Wildman–Crippen LogP) is 5.70. The fourth-order valence-corrected chi connectivity index (χ4v) is 4.62. The number of oxazole rings is 1. The van der Waals surface area contributed by atoms with E-state index in [2.05, 4.69) is 4.98 Å². The maximum absolute atomic E-state index is 13.7. The van der Waals surface area contributed by atoms with Crippen LogP contribution in [0.25, 0.3) is 28.0 Å². The number of fused-ring (bicyclic) bond motifs is 1. The second-order valence-corrected chi connectivity index (χ2v) is 8.62. The van der Waals surface area contributed by atoms with Gasteiger partial charge in [0, 0.05) is 30.8 Å². The average Bonchev–Trinajstić information content (AvgIpc) is 3.55. The molecule has 1 aliphatic heterocycles. The number of likely N-dealkylation sites (tertiary alicyclic amines) is 1. The van der Waals surface area contributed by atoms with Gasteiger partial charge in [0.05, 0.1) is 11.3 Å². The summed E-state index contributed by atoms with van der Waals surface area (Å²) in [5, 5.41) is 4.80. The molecule has 1 amide bonds. The normalized spacial score (nSPS) is 14.5. The Hall–Kier alpha value is -4.19. The number of amides is 1. The molecule has 2 aromatic heterocycles. The molecule has 34 heavy (non-hydrogen) atoms. The van der Waals surface area contributed by atoms with Crippen molar-refractivity contribution in [2.75, 3.05) is 13.1 Å². The van der Waals surface area contributed by atoms with Gasteiger partial charge in [0.2, 0.25) is 0 Å².